The second kappa shape index (κ2) is 6.52. The summed E-state index contributed by atoms with van der Waals surface area (Å²) in [6.07, 6.45) is 2.18. The van der Waals surface area contributed by atoms with E-state index in [4.69, 9.17) is 11.6 Å². The number of rotatable bonds is 2. The summed E-state index contributed by atoms with van der Waals surface area (Å²) in [6, 6.07) is 0. The van der Waals surface area contributed by atoms with Crippen LogP contribution in [0, 0.1) is 11.8 Å². The van der Waals surface area contributed by atoms with Crippen LogP contribution >= 0.6 is 11.6 Å². The molecule has 0 spiro atoms. The van der Waals surface area contributed by atoms with Crippen molar-refractivity contribution >= 4 is 17.9 Å². The molecule has 0 fully saturated rings. The van der Waals surface area contributed by atoms with Crippen molar-refractivity contribution in [3.8, 4) is 11.8 Å². The molecular weight excluding hydrogens is 124 g/mol. The first kappa shape index (κ1) is 7.52. The minimum atomic E-state index is 0.591. The van der Waals surface area contributed by atoms with Crippen molar-refractivity contribution in [2.45, 2.75) is 12.8 Å². The molecule has 8 heavy (non-hydrogen) atoms. The molecule has 0 aliphatic rings. The number of halogens is 1. The maximum atomic E-state index is 9.56. The predicted octanol–water partition coefficient (Wildman–Crippen LogP) is 1.21. The average molecular weight is 131 g/mol. The number of hydrogen-bond donors (Lipinski definition) is 0. The molecule has 0 saturated heterocycles. The zero-order valence-electron chi connectivity index (χ0n) is 4.48. The second-order valence-corrected chi connectivity index (χ2v) is 1.61. The molecule has 0 aliphatic heterocycles. The van der Waals surface area contributed by atoms with Crippen LogP contribution in [-0.4, -0.2) is 12.2 Å². The normalized spacial score (nSPS) is 7.12. The van der Waals surface area contributed by atoms with Gasteiger partial charge in [0.25, 0.3) is 0 Å². The number of carbonyl (C=O) groups excluding carboxylic acids is 1. The average Bonchev–Trinajstić information content (AvgIpc) is 1.81. The highest BCUT2D eigenvalue weighted by Gasteiger charge is 1.75. The molecule has 0 unspecified atom stereocenters. The fraction of sp³-hybridized carbons (Fsp3) is 0.500. The molecule has 0 N–H and O–H groups in total. The van der Waals surface area contributed by atoms with Crippen LogP contribution in [0.25, 0.3) is 0 Å². The quantitative estimate of drug-likeness (QED) is 0.238. The van der Waals surface area contributed by atoms with Gasteiger partial charge in [-0.05, 0) is 12.3 Å². The topological polar surface area (TPSA) is 17.1 Å². The molecule has 0 amide bonds. The van der Waals surface area contributed by atoms with Gasteiger partial charge in [-0.2, -0.15) is 0 Å². The summed E-state index contributed by atoms with van der Waals surface area (Å²) in [5.41, 5.74) is 0. The number of hydrogen-bond acceptors (Lipinski definition) is 1. The Bertz CT molecular complexity index is 109. The Morgan fingerprint density at radius 2 is 2.38 bits per heavy atom. The second-order valence-electron chi connectivity index (χ2n) is 1.23. The lowest BCUT2D eigenvalue weighted by Gasteiger charge is -1.78. The SMILES string of the molecule is O=CC#CCCCCl. The zero-order chi connectivity index (χ0) is 6.24. The fourth-order valence-electron chi connectivity index (χ4n) is 0.269. The van der Waals surface area contributed by atoms with Gasteiger partial charge in [-0.15, -0.1) is 11.6 Å². The maximum absolute atomic E-state index is 9.56. The van der Waals surface area contributed by atoms with Crippen molar-refractivity contribution in [2.75, 3.05) is 5.88 Å². The molecule has 0 saturated carbocycles. The Balaban J connectivity index is 3.02. The highest BCUT2D eigenvalue weighted by molar-refractivity contribution is 6.17. The Morgan fingerprint density at radius 3 is 2.88 bits per heavy atom. The number of unbranched alkanes of at least 4 members (excludes halogenated alkanes) is 1. The van der Waals surface area contributed by atoms with E-state index in [0.29, 0.717) is 12.2 Å². The lowest BCUT2D eigenvalue weighted by molar-refractivity contribution is -0.103. The number of alkyl halides is 1. The van der Waals surface area contributed by atoms with Gasteiger partial charge in [-0.25, -0.2) is 0 Å². The first-order chi connectivity index (χ1) is 3.91. The summed E-state index contributed by atoms with van der Waals surface area (Å²) in [5.74, 6) is 5.55. The van der Waals surface area contributed by atoms with E-state index in [-0.39, 0.29) is 0 Å². The van der Waals surface area contributed by atoms with E-state index < -0.39 is 0 Å². The van der Waals surface area contributed by atoms with Crippen LogP contribution in [0.5, 0.6) is 0 Å². The highest BCUT2D eigenvalue weighted by atomic mass is 35.5. The number of aldehydes is 1. The van der Waals surface area contributed by atoms with Crippen molar-refractivity contribution in [3.63, 3.8) is 0 Å². The maximum Gasteiger partial charge on any atom is 0.192 e. The van der Waals surface area contributed by atoms with Crippen molar-refractivity contribution in [2.24, 2.45) is 0 Å². The van der Waals surface area contributed by atoms with Gasteiger partial charge in [0, 0.05) is 12.3 Å². The van der Waals surface area contributed by atoms with Gasteiger partial charge in [-0.1, -0.05) is 5.92 Å². The molecule has 0 aromatic carbocycles. The third-order valence-electron chi connectivity index (χ3n) is 0.596. The lowest BCUT2D eigenvalue weighted by atomic mass is 10.3. The molecule has 0 aromatic heterocycles. The highest BCUT2D eigenvalue weighted by Crippen LogP contribution is 1.87. The van der Waals surface area contributed by atoms with Gasteiger partial charge in [0.15, 0.2) is 6.29 Å². The van der Waals surface area contributed by atoms with Crippen LogP contribution in [0.3, 0.4) is 0 Å². The first-order valence-electron chi connectivity index (χ1n) is 2.40. The third kappa shape index (κ3) is 5.52. The minimum absolute atomic E-state index is 0.591. The summed E-state index contributed by atoms with van der Waals surface area (Å²) in [6.45, 7) is 0. The molecule has 0 atom stereocenters. The van der Waals surface area contributed by atoms with Gasteiger partial charge in [0.2, 0.25) is 0 Å². The zero-order valence-corrected chi connectivity index (χ0v) is 5.24. The minimum Gasteiger partial charge on any atom is -0.289 e. The molecular formula is C6H7ClO. The summed E-state index contributed by atoms with van der Waals surface area (Å²) < 4.78 is 0. The molecule has 0 aliphatic carbocycles. The van der Waals surface area contributed by atoms with Crippen LogP contribution < -0.4 is 0 Å². The summed E-state index contributed by atoms with van der Waals surface area (Å²) in [7, 11) is 0. The van der Waals surface area contributed by atoms with Crippen LogP contribution in [0.2, 0.25) is 0 Å². The van der Waals surface area contributed by atoms with E-state index in [0.717, 1.165) is 12.8 Å². The lowest BCUT2D eigenvalue weighted by Crippen LogP contribution is -1.71. The predicted molar refractivity (Wildman–Crippen MR) is 33.8 cm³/mol. The summed E-state index contributed by atoms with van der Waals surface area (Å²) in [5, 5.41) is 0. The van der Waals surface area contributed by atoms with Crippen molar-refractivity contribution in [1.29, 1.82) is 0 Å². The van der Waals surface area contributed by atoms with Gasteiger partial charge in [0.05, 0.1) is 0 Å². The van der Waals surface area contributed by atoms with E-state index in [2.05, 4.69) is 11.8 Å². The van der Waals surface area contributed by atoms with Crippen molar-refractivity contribution < 1.29 is 4.79 Å². The molecule has 44 valence electrons. The van der Waals surface area contributed by atoms with E-state index in [1.54, 1.807) is 0 Å². The Hall–Kier alpha value is -0.480. The molecule has 0 rings (SSSR count). The molecule has 0 heterocycles. The Kier molecular flexibility index (Phi) is 6.13. The van der Waals surface area contributed by atoms with Crippen molar-refractivity contribution in [1.82, 2.24) is 0 Å². The molecule has 0 aromatic rings. The number of carbonyl (C=O) groups is 1. The van der Waals surface area contributed by atoms with Crippen LogP contribution in [-0.2, 0) is 4.79 Å². The van der Waals surface area contributed by atoms with E-state index in [1.807, 2.05) is 0 Å². The van der Waals surface area contributed by atoms with E-state index in [9.17, 15) is 4.79 Å². The summed E-state index contributed by atoms with van der Waals surface area (Å²) in [4.78, 5) is 9.56. The van der Waals surface area contributed by atoms with Gasteiger partial charge < -0.3 is 0 Å². The molecule has 2 heteroatoms. The molecule has 0 bridgehead atoms. The molecule has 0 radical (unpaired) electrons. The van der Waals surface area contributed by atoms with Gasteiger partial charge in [0.1, 0.15) is 0 Å². The van der Waals surface area contributed by atoms with Gasteiger partial charge in [-0.3, -0.25) is 4.79 Å². The largest absolute Gasteiger partial charge is 0.289 e. The monoisotopic (exact) mass is 130 g/mol. The third-order valence-corrected chi connectivity index (χ3v) is 0.864. The standard InChI is InChI=1S/C6H7ClO/c7-5-3-1-2-4-6-8/h6H,1,3,5H2. The van der Waals surface area contributed by atoms with Crippen molar-refractivity contribution in [3.05, 3.63) is 0 Å². The van der Waals surface area contributed by atoms with Crippen LogP contribution in [0.15, 0.2) is 0 Å². The van der Waals surface area contributed by atoms with E-state index in [1.165, 1.54) is 0 Å². The van der Waals surface area contributed by atoms with Crippen LogP contribution in [0.1, 0.15) is 12.8 Å². The Labute approximate surface area is 54.0 Å². The van der Waals surface area contributed by atoms with E-state index >= 15 is 0 Å². The molecule has 1 nitrogen and oxygen atoms in total. The van der Waals surface area contributed by atoms with Gasteiger partial charge >= 0.3 is 0 Å². The first-order valence-corrected chi connectivity index (χ1v) is 2.93. The smallest absolute Gasteiger partial charge is 0.192 e. The van der Waals surface area contributed by atoms with Crippen LogP contribution in [0.4, 0.5) is 0 Å². The summed E-state index contributed by atoms with van der Waals surface area (Å²) >= 11 is 5.32. The Morgan fingerprint density at radius 1 is 1.62 bits per heavy atom. The fourth-order valence-corrected chi connectivity index (χ4v) is 0.403.